The normalized spacial score (nSPS) is 21.1. The van der Waals surface area contributed by atoms with Gasteiger partial charge < -0.3 is 14.2 Å². The molecule has 1 N–H and O–H groups in total. The lowest BCUT2D eigenvalue weighted by molar-refractivity contribution is -0.121. The Labute approximate surface area is 139 Å². The van der Waals surface area contributed by atoms with E-state index in [1.807, 2.05) is 0 Å². The predicted molar refractivity (Wildman–Crippen MR) is 86.2 cm³/mol. The first-order valence-corrected chi connectivity index (χ1v) is 9.29. The van der Waals surface area contributed by atoms with Crippen LogP contribution >= 0.6 is 0 Å². The maximum atomic E-state index is 11.8. The molecule has 0 bridgehead atoms. The average Bonchev–Trinajstić information content (AvgIpc) is 3.12. The molecule has 24 heavy (non-hydrogen) atoms. The van der Waals surface area contributed by atoms with E-state index in [2.05, 4.69) is 10.5 Å². The molecule has 1 amide bonds. The van der Waals surface area contributed by atoms with Gasteiger partial charge >= 0.3 is 0 Å². The molecule has 8 nitrogen and oxygen atoms in total. The zero-order valence-corrected chi connectivity index (χ0v) is 14.0. The van der Waals surface area contributed by atoms with E-state index in [4.69, 9.17) is 14.2 Å². The number of rotatable bonds is 5. The minimum Gasteiger partial charge on any atom is -0.493 e. The molecular weight excluding hydrogens is 336 g/mol. The highest BCUT2D eigenvalue weighted by atomic mass is 32.2. The molecule has 2 heterocycles. The molecule has 1 aromatic carbocycles. The Morgan fingerprint density at radius 2 is 2.29 bits per heavy atom. The van der Waals surface area contributed by atoms with Crippen LogP contribution in [0, 0.1) is 5.92 Å². The predicted octanol–water partition coefficient (Wildman–Crippen LogP) is 0.699. The number of sulfone groups is 1. The summed E-state index contributed by atoms with van der Waals surface area (Å²) in [5.74, 6) is 1.42. The second-order valence-corrected chi connectivity index (χ2v) is 7.95. The third-order valence-corrected chi connectivity index (χ3v) is 5.72. The first kappa shape index (κ1) is 16.6. The summed E-state index contributed by atoms with van der Waals surface area (Å²) in [5.41, 5.74) is 3.09. The van der Waals surface area contributed by atoms with E-state index < -0.39 is 9.84 Å². The molecule has 1 fully saturated rings. The lowest BCUT2D eigenvalue weighted by atomic mass is 10.1. The summed E-state index contributed by atoms with van der Waals surface area (Å²) < 4.78 is 38.6. The fourth-order valence-electron chi connectivity index (χ4n) is 2.74. The molecule has 0 spiro atoms. The van der Waals surface area contributed by atoms with Gasteiger partial charge in [0.1, 0.15) is 0 Å². The van der Waals surface area contributed by atoms with Crippen molar-refractivity contribution in [3.63, 3.8) is 0 Å². The largest absolute Gasteiger partial charge is 0.493 e. The Morgan fingerprint density at radius 1 is 1.46 bits per heavy atom. The second-order valence-electron chi connectivity index (χ2n) is 5.72. The third-order valence-electron chi connectivity index (χ3n) is 3.88. The van der Waals surface area contributed by atoms with Crippen molar-refractivity contribution in [1.29, 1.82) is 0 Å². The second kappa shape index (κ2) is 6.68. The molecule has 2 aliphatic heterocycles. The highest BCUT2D eigenvalue weighted by Crippen LogP contribution is 2.41. The van der Waals surface area contributed by atoms with Gasteiger partial charge in [0.15, 0.2) is 21.3 Å². The standard InChI is InChI=1S/C15H18N2O6S/c1-21-12-4-11(5-13-15(12)23-9-22-13)7-16-17-14(18)6-10-2-3-24(19,20)8-10/h4-5,7,10H,2-3,6,8-9H2,1H3,(H,17,18)/b16-7-/t10-/m0/s1. The minimum atomic E-state index is -2.98. The van der Waals surface area contributed by atoms with Crippen LogP contribution in [0.1, 0.15) is 18.4 Å². The molecule has 0 saturated carbocycles. The first-order valence-electron chi connectivity index (χ1n) is 7.47. The van der Waals surface area contributed by atoms with E-state index in [0.717, 1.165) is 0 Å². The van der Waals surface area contributed by atoms with Crippen molar-refractivity contribution < 1.29 is 27.4 Å². The fraction of sp³-hybridized carbons (Fsp3) is 0.467. The zero-order chi connectivity index (χ0) is 17.2. The number of nitrogens with zero attached hydrogens (tertiary/aromatic N) is 1. The maximum Gasteiger partial charge on any atom is 0.240 e. The van der Waals surface area contributed by atoms with Crippen LogP contribution in [0.2, 0.25) is 0 Å². The number of methoxy groups -OCH3 is 1. The van der Waals surface area contributed by atoms with Crippen molar-refractivity contribution in [2.24, 2.45) is 11.0 Å². The van der Waals surface area contributed by atoms with Crippen LogP contribution in [-0.4, -0.2) is 45.9 Å². The molecule has 0 unspecified atom stereocenters. The Hall–Kier alpha value is -2.29. The van der Waals surface area contributed by atoms with Crippen LogP contribution in [-0.2, 0) is 14.6 Å². The summed E-state index contributed by atoms with van der Waals surface area (Å²) in [6, 6.07) is 3.44. The van der Waals surface area contributed by atoms with E-state index in [9.17, 15) is 13.2 Å². The van der Waals surface area contributed by atoms with Crippen molar-refractivity contribution in [3.05, 3.63) is 17.7 Å². The molecule has 9 heteroatoms. The van der Waals surface area contributed by atoms with Crippen LogP contribution in [0.4, 0.5) is 0 Å². The van der Waals surface area contributed by atoms with Crippen LogP contribution < -0.4 is 19.6 Å². The highest BCUT2D eigenvalue weighted by molar-refractivity contribution is 7.91. The number of amides is 1. The molecular formula is C15H18N2O6S. The van der Waals surface area contributed by atoms with Crippen LogP contribution in [0.3, 0.4) is 0 Å². The number of carbonyl (C=O) groups is 1. The average molecular weight is 354 g/mol. The van der Waals surface area contributed by atoms with Crippen LogP contribution in [0.5, 0.6) is 17.2 Å². The summed E-state index contributed by atoms with van der Waals surface area (Å²) in [4.78, 5) is 11.8. The summed E-state index contributed by atoms with van der Waals surface area (Å²) in [6.45, 7) is 0.132. The maximum absolute atomic E-state index is 11.8. The summed E-state index contributed by atoms with van der Waals surface area (Å²) in [6.07, 6.45) is 2.15. The summed E-state index contributed by atoms with van der Waals surface area (Å²) in [7, 11) is -1.45. The number of hydrogen-bond donors (Lipinski definition) is 1. The van der Waals surface area contributed by atoms with Crippen molar-refractivity contribution in [2.45, 2.75) is 12.8 Å². The van der Waals surface area contributed by atoms with E-state index in [1.54, 1.807) is 12.1 Å². The highest BCUT2D eigenvalue weighted by Gasteiger charge is 2.29. The third kappa shape index (κ3) is 3.78. The number of nitrogens with one attached hydrogen (secondary N) is 1. The van der Waals surface area contributed by atoms with Gasteiger partial charge in [-0.1, -0.05) is 0 Å². The SMILES string of the molecule is COc1cc(/C=N\NC(=O)C[C@@H]2CCS(=O)(=O)C2)cc2c1OCO2. The van der Waals surface area contributed by atoms with Gasteiger partial charge in [-0.2, -0.15) is 5.10 Å². The molecule has 2 aliphatic rings. The Morgan fingerprint density at radius 3 is 3.00 bits per heavy atom. The Balaban J connectivity index is 1.57. The van der Waals surface area contributed by atoms with Crippen molar-refractivity contribution in [2.75, 3.05) is 25.4 Å². The number of hydrazone groups is 1. The Kier molecular flexibility index (Phi) is 4.61. The number of hydrogen-bond acceptors (Lipinski definition) is 7. The molecule has 1 atom stereocenters. The Bertz CT molecular complexity index is 774. The molecule has 0 aliphatic carbocycles. The van der Waals surface area contributed by atoms with Crippen molar-refractivity contribution >= 4 is 22.0 Å². The van der Waals surface area contributed by atoms with Crippen LogP contribution in [0.25, 0.3) is 0 Å². The number of benzene rings is 1. The lowest BCUT2D eigenvalue weighted by Gasteiger charge is -2.06. The quantitative estimate of drug-likeness (QED) is 0.617. The molecule has 0 aromatic heterocycles. The molecule has 1 aromatic rings. The van der Waals surface area contributed by atoms with Gasteiger partial charge in [-0.3, -0.25) is 4.79 Å². The van der Waals surface area contributed by atoms with Crippen LogP contribution in [0.15, 0.2) is 17.2 Å². The van der Waals surface area contributed by atoms with E-state index in [-0.39, 0.29) is 36.5 Å². The van der Waals surface area contributed by atoms with E-state index >= 15 is 0 Å². The van der Waals surface area contributed by atoms with Gasteiger partial charge in [0, 0.05) is 12.0 Å². The fourth-order valence-corrected chi connectivity index (χ4v) is 4.61. The van der Waals surface area contributed by atoms with E-state index in [1.165, 1.54) is 13.3 Å². The topological polar surface area (TPSA) is 103 Å². The van der Waals surface area contributed by atoms with Gasteiger partial charge in [0.25, 0.3) is 0 Å². The molecule has 3 rings (SSSR count). The number of ether oxygens (including phenoxy) is 3. The van der Waals surface area contributed by atoms with Crippen molar-refractivity contribution in [3.8, 4) is 17.2 Å². The van der Waals surface area contributed by atoms with Gasteiger partial charge in [0.2, 0.25) is 18.4 Å². The molecule has 0 radical (unpaired) electrons. The summed E-state index contributed by atoms with van der Waals surface area (Å²) in [5, 5.41) is 3.89. The summed E-state index contributed by atoms with van der Waals surface area (Å²) >= 11 is 0. The molecule has 130 valence electrons. The van der Waals surface area contributed by atoms with Gasteiger partial charge in [0.05, 0.1) is 24.8 Å². The van der Waals surface area contributed by atoms with Gasteiger partial charge in [-0.25, -0.2) is 13.8 Å². The van der Waals surface area contributed by atoms with Gasteiger partial charge in [-0.15, -0.1) is 0 Å². The monoisotopic (exact) mass is 354 g/mol. The van der Waals surface area contributed by atoms with Crippen molar-refractivity contribution in [1.82, 2.24) is 5.43 Å². The minimum absolute atomic E-state index is 0.0729. The first-order chi connectivity index (χ1) is 11.5. The number of carbonyl (C=O) groups excluding carboxylic acids is 1. The smallest absolute Gasteiger partial charge is 0.240 e. The van der Waals surface area contributed by atoms with E-state index in [0.29, 0.717) is 29.2 Å². The number of fused-ring (bicyclic) bond motifs is 1. The van der Waals surface area contributed by atoms with Gasteiger partial charge in [-0.05, 0) is 24.5 Å². The zero-order valence-electron chi connectivity index (χ0n) is 13.1. The molecule has 1 saturated heterocycles. The lowest BCUT2D eigenvalue weighted by Crippen LogP contribution is -2.21.